The molecule has 0 amide bonds. The molecule has 0 aliphatic heterocycles. The van der Waals surface area contributed by atoms with Crippen LogP contribution in [-0.2, 0) is 4.79 Å². The van der Waals surface area contributed by atoms with Gasteiger partial charge < -0.3 is 0 Å². The highest BCUT2D eigenvalue weighted by molar-refractivity contribution is 5.90. The topological polar surface area (TPSA) is 17.1 Å². The lowest BCUT2D eigenvalue weighted by Gasteiger charge is -2.46. The van der Waals surface area contributed by atoms with Crippen molar-refractivity contribution in [2.75, 3.05) is 0 Å². The normalized spacial score (nSPS) is 38.6. The Balaban J connectivity index is 2.32. The minimum absolute atomic E-state index is 0.0139. The lowest BCUT2D eigenvalue weighted by atomic mass is 9.56. The lowest BCUT2D eigenvalue weighted by molar-refractivity contribution is -0.143. The van der Waals surface area contributed by atoms with Crippen LogP contribution in [0.1, 0.15) is 59.8 Å². The van der Waals surface area contributed by atoms with E-state index >= 15 is 0 Å². The summed E-state index contributed by atoms with van der Waals surface area (Å²) in [7, 11) is 0. The zero-order valence-electron chi connectivity index (χ0n) is 11.1. The first-order valence-electron chi connectivity index (χ1n) is 6.58. The standard InChI is InChI=1S/C15H24O/c1-11-8-12(2)10-15(9-11)7-5-6-14(3,4)13(15)16/h8,11H,5-7,9-10H2,1-4H3/t11-,15+/m0/s1. The fraction of sp³-hybridized carbons (Fsp3) is 0.800. The monoisotopic (exact) mass is 220 g/mol. The van der Waals surface area contributed by atoms with Crippen molar-refractivity contribution >= 4 is 5.78 Å². The molecule has 1 saturated carbocycles. The summed E-state index contributed by atoms with van der Waals surface area (Å²) in [4.78, 5) is 12.7. The van der Waals surface area contributed by atoms with Crippen molar-refractivity contribution in [1.29, 1.82) is 0 Å². The molecule has 0 aromatic heterocycles. The van der Waals surface area contributed by atoms with Gasteiger partial charge in [0.15, 0.2) is 0 Å². The predicted octanol–water partition coefficient (Wildman–Crippen LogP) is 4.13. The minimum atomic E-state index is -0.0877. The Bertz CT molecular complexity index is 337. The van der Waals surface area contributed by atoms with Crippen LogP contribution in [0.25, 0.3) is 0 Å². The Hall–Kier alpha value is -0.590. The van der Waals surface area contributed by atoms with E-state index in [4.69, 9.17) is 0 Å². The van der Waals surface area contributed by atoms with Gasteiger partial charge in [-0.1, -0.05) is 38.8 Å². The molecule has 0 unspecified atom stereocenters. The van der Waals surface area contributed by atoms with Crippen molar-refractivity contribution in [3.63, 3.8) is 0 Å². The van der Waals surface area contributed by atoms with Crippen LogP contribution in [-0.4, -0.2) is 5.78 Å². The molecule has 1 heteroatoms. The van der Waals surface area contributed by atoms with Gasteiger partial charge in [-0.05, 0) is 38.5 Å². The number of allylic oxidation sites excluding steroid dienone is 2. The highest BCUT2D eigenvalue weighted by Gasteiger charge is 2.49. The maximum atomic E-state index is 12.7. The van der Waals surface area contributed by atoms with Crippen LogP contribution in [0.15, 0.2) is 11.6 Å². The van der Waals surface area contributed by atoms with E-state index in [2.05, 4.69) is 33.8 Å². The van der Waals surface area contributed by atoms with Crippen molar-refractivity contribution in [3.8, 4) is 0 Å². The summed E-state index contributed by atoms with van der Waals surface area (Å²) < 4.78 is 0. The van der Waals surface area contributed by atoms with Crippen LogP contribution >= 0.6 is 0 Å². The third kappa shape index (κ3) is 1.85. The molecular formula is C15H24O. The van der Waals surface area contributed by atoms with E-state index in [1.165, 1.54) is 12.0 Å². The Morgan fingerprint density at radius 3 is 2.62 bits per heavy atom. The fourth-order valence-corrected chi connectivity index (χ4v) is 4.00. The molecule has 16 heavy (non-hydrogen) atoms. The largest absolute Gasteiger partial charge is 0.298 e. The zero-order valence-corrected chi connectivity index (χ0v) is 11.1. The van der Waals surface area contributed by atoms with Crippen LogP contribution in [0.2, 0.25) is 0 Å². The average molecular weight is 220 g/mol. The van der Waals surface area contributed by atoms with Gasteiger partial charge in [-0.3, -0.25) is 4.79 Å². The summed E-state index contributed by atoms with van der Waals surface area (Å²) in [6, 6.07) is 0. The Morgan fingerprint density at radius 1 is 1.31 bits per heavy atom. The highest BCUT2D eigenvalue weighted by atomic mass is 16.1. The Labute approximate surface area is 99.3 Å². The fourth-order valence-electron chi connectivity index (χ4n) is 4.00. The number of ketones is 1. The van der Waals surface area contributed by atoms with E-state index in [9.17, 15) is 4.79 Å². The van der Waals surface area contributed by atoms with E-state index in [1.807, 2.05) is 0 Å². The van der Waals surface area contributed by atoms with Gasteiger partial charge in [0.2, 0.25) is 0 Å². The summed E-state index contributed by atoms with van der Waals surface area (Å²) >= 11 is 0. The van der Waals surface area contributed by atoms with Crippen LogP contribution < -0.4 is 0 Å². The van der Waals surface area contributed by atoms with Crippen molar-refractivity contribution in [2.24, 2.45) is 16.7 Å². The van der Waals surface area contributed by atoms with Gasteiger partial charge in [0.1, 0.15) is 5.78 Å². The number of carbonyl (C=O) groups is 1. The summed E-state index contributed by atoms with van der Waals surface area (Å²) in [5, 5.41) is 0. The molecule has 1 spiro atoms. The number of carbonyl (C=O) groups excluding carboxylic acids is 1. The SMILES string of the molecule is CC1=C[C@H](C)C[C@]2(CCCC(C)(C)C2=O)C1. The second kappa shape index (κ2) is 3.72. The molecule has 0 heterocycles. The first kappa shape index (κ1) is 11.9. The van der Waals surface area contributed by atoms with Gasteiger partial charge in [0.05, 0.1) is 0 Å². The lowest BCUT2D eigenvalue weighted by Crippen LogP contribution is -2.46. The molecule has 0 aromatic carbocycles. The van der Waals surface area contributed by atoms with Crippen molar-refractivity contribution in [1.82, 2.24) is 0 Å². The molecule has 1 nitrogen and oxygen atoms in total. The van der Waals surface area contributed by atoms with E-state index in [0.29, 0.717) is 11.7 Å². The van der Waals surface area contributed by atoms with Crippen molar-refractivity contribution in [2.45, 2.75) is 59.8 Å². The second-order valence-corrected chi connectivity index (χ2v) is 6.72. The first-order valence-corrected chi connectivity index (χ1v) is 6.58. The maximum absolute atomic E-state index is 12.7. The van der Waals surface area contributed by atoms with Crippen LogP contribution in [0.3, 0.4) is 0 Å². The number of rotatable bonds is 0. The van der Waals surface area contributed by atoms with Crippen LogP contribution in [0, 0.1) is 16.7 Å². The molecular weight excluding hydrogens is 196 g/mol. The van der Waals surface area contributed by atoms with Gasteiger partial charge in [0.25, 0.3) is 0 Å². The third-order valence-electron chi connectivity index (χ3n) is 4.45. The smallest absolute Gasteiger partial charge is 0.144 e. The molecule has 2 atom stereocenters. The van der Waals surface area contributed by atoms with Gasteiger partial charge >= 0.3 is 0 Å². The van der Waals surface area contributed by atoms with Gasteiger partial charge in [-0.2, -0.15) is 0 Å². The summed E-state index contributed by atoms with van der Waals surface area (Å²) in [6.45, 7) is 8.70. The number of Topliss-reactive ketones (excluding diaryl/α,β-unsaturated/α-hetero) is 1. The van der Waals surface area contributed by atoms with Gasteiger partial charge in [-0.15, -0.1) is 0 Å². The highest BCUT2D eigenvalue weighted by Crippen LogP contribution is 2.51. The first-order chi connectivity index (χ1) is 7.36. The average Bonchev–Trinajstić information content (AvgIpc) is 2.12. The number of hydrogen-bond acceptors (Lipinski definition) is 1. The molecule has 0 saturated heterocycles. The maximum Gasteiger partial charge on any atom is 0.144 e. The molecule has 2 aliphatic carbocycles. The third-order valence-corrected chi connectivity index (χ3v) is 4.45. The number of hydrogen-bond donors (Lipinski definition) is 0. The van der Waals surface area contributed by atoms with Crippen LogP contribution in [0.4, 0.5) is 0 Å². The van der Waals surface area contributed by atoms with Gasteiger partial charge in [-0.25, -0.2) is 0 Å². The zero-order chi connectivity index (χ0) is 12.0. The van der Waals surface area contributed by atoms with E-state index < -0.39 is 0 Å². The molecule has 0 N–H and O–H groups in total. The van der Waals surface area contributed by atoms with Crippen molar-refractivity contribution in [3.05, 3.63) is 11.6 Å². The molecule has 0 bridgehead atoms. The minimum Gasteiger partial charge on any atom is -0.298 e. The Kier molecular flexibility index (Phi) is 2.76. The van der Waals surface area contributed by atoms with Crippen LogP contribution in [0.5, 0.6) is 0 Å². The molecule has 0 aromatic rings. The quantitative estimate of drug-likeness (QED) is 0.561. The molecule has 0 radical (unpaired) electrons. The molecule has 1 fully saturated rings. The van der Waals surface area contributed by atoms with E-state index in [1.54, 1.807) is 0 Å². The summed E-state index contributed by atoms with van der Waals surface area (Å²) in [5.74, 6) is 1.11. The predicted molar refractivity (Wildman–Crippen MR) is 67.2 cm³/mol. The molecule has 2 aliphatic rings. The van der Waals surface area contributed by atoms with Gasteiger partial charge in [0, 0.05) is 10.8 Å². The summed E-state index contributed by atoms with van der Waals surface area (Å²) in [6.07, 6.45) is 7.85. The molecule has 2 rings (SSSR count). The van der Waals surface area contributed by atoms with E-state index in [0.717, 1.165) is 25.7 Å². The van der Waals surface area contributed by atoms with Crippen molar-refractivity contribution < 1.29 is 4.79 Å². The Morgan fingerprint density at radius 2 is 2.00 bits per heavy atom. The summed E-state index contributed by atoms with van der Waals surface area (Å²) in [5.41, 5.74) is 1.32. The van der Waals surface area contributed by atoms with E-state index in [-0.39, 0.29) is 10.8 Å². The molecule has 90 valence electrons. The second-order valence-electron chi connectivity index (χ2n) is 6.72.